The van der Waals surface area contributed by atoms with Crippen LogP contribution >= 0.6 is 0 Å². The summed E-state index contributed by atoms with van der Waals surface area (Å²) in [6.45, 7) is 1.51. The fourth-order valence-corrected chi connectivity index (χ4v) is 5.63. The lowest BCUT2D eigenvalue weighted by Crippen LogP contribution is -2.54. The molecule has 0 bridgehead atoms. The number of carbonyl (C=O) groups is 2. The predicted octanol–water partition coefficient (Wildman–Crippen LogP) is 3.19. The van der Waals surface area contributed by atoms with Crippen molar-refractivity contribution in [3.63, 3.8) is 0 Å². The molecule has 4 rings (SSSR count). The largest absolute Gasteiger partial charge is 0.352 e. The van der Waals surface area contributed by atoms with Gasteiger partial charge in [0.1, 0.15) is 11.4 Å². The summed E-state index contributed by atoms with van der Waals surface area (Å²) in [5.74, 6) is -0.288. The van der Waals surface area contributed by atoms with Gasteiger partial charge >= 0.3 is 6.03 Å². The van der Waals surface area contributed by atoms with Crippen molar-refractivity contribution >= 4 is 33.3 Å². The van der Waals surface area contributed by atoms with Crippen molar-refractivity contribution in [1.82, 2.24) is 5.32 Å². The fraction of sp³-hybridized carbons (Fsp3) is 0.333. The molecule has 0 atom stereocenters. The Morgan fingerprint density at radius 3 is 2.34 bits per heavy atom. The van der Waals surface area contributed by atoms with Gasteiger partial charge in [0.2, 0.25) is 5.91 Å². The molecule has 2 aromatic rings. The van der Waals surface area contributed by atoms with E-state index in [2.05, 4.69) is 5.32 Å². The van der Waals surface area contributed by atoms with E-state index in [4.69, 9.17) is 0 Å². The summed E-state index contributed by atoms with van der Waals surface area (Å²) >= 11 is 0. The molecule has 0 spiro atoms. The average Bonchev–Trinajstić information content (AvgIpc) is 3.19. The SMILES string of the molecule is Cc1ccccc1N1C(=O)N(CC(=O)NC2CCCC2)c2ccccc2S1(=O)=O. The number of fused-ring (bicyclic) bond motifs is 1. The molecule has 0 unspecified atom stereocenters. The zero-order valence-electron chi connectivity index (χ0n) is 16.2. The van der Waals surface area contributed by atoms with E-state index < -0.39 is 16.1 Å². The Balaban J connectivity index is 1.74. The number of carbonyl (C=O) groups excluding carboxylic acids is 2. The second-order valence-corrected chi connectivity index (χ2v) is 9.20. The lowest BCUT2D eigenvalue weighted by atomic mass is 10.2. The number of anilines is 2. The number of benzene rings is 2. The minimum Gasteiger partial charge on any atom is -0.352 e. The Labute approximate surface area is 170 Å². The molecule has 0 radical (unpaired) electrons. The maximum atomic E-state index is 13.3. The molecule has 0 saturated heterocycles. The predicted molar refractivity (Wildman–Crippen MR) is 110 cm³/mol. The smallest absolute Gasteiger partial charge is 0.343 e. The van der Waals surface area contributed by atoms with Gasteiger partial charge in [0.25, 0.3) is 10.0 Å². The van der Waals surface area contributed by atoms with Gasteiger partial charge in [-0.15, -0.1) is 0 Å². The quantitative estimate of drug-likeness (QED) is 0.834. The summed E-state index contributed by atoms with van der Waals surface area (Å²) in [5.41, 5.74) is 1.16. The molecule has 7 nitrogen and oxygen atoms in total. The maximum absolute atomic E-state index is 13.3. The van der Waals surface area contributed by atoms with Gasteiger partial charge in [-0.2, -0.15) is 4.31 Å². The molecular weight excluding hydrogens is 390 g/mol. The van der Waals surface area contributed by atoms with Crippen molar-refractivity contribution < 1.29 is 18.0 Å². The van der Waals surface area contributed by atoms with Crippen molar-refractivity contribution in [3.8, 4) is 0 Å². The van der Waals surface area contributed by atoms with E-state index in [1.54, 1.807) is 49.4 Å². The zero-order valence-corrected chi connectivity index (χ0v) is 17.0. The summed E-state index contributed by atoms with van der Waals surface area (Å²) in [6, 6.07) is 12.5. The molecule has 1 fully saturated rings. The number of hydrogen-bond donors (Lipinski definition) is 1. The molecule has 2 aromatic carbocycles. The Hall–Kier alpha value is -2.87. The van der Waals surface area contributed by atoms with Crippen molar-refractivity contribution in [2.45, 2.75) is 43.5 Å². The number of nitrogens with zero attached hydrogens (tertiary/aromatic N) is 2. The number of hydrogen-bond acceptors (Lipinski definition) is 4. The highest BCUT2D eigenvalue weighted by molar-refractivity contribution is 7.94. The molecular formula is C21H23N3O4S. The van der Waals surface area contributed by atoms with E-state index in [0.29, 0.717) is 5.56 Å². The molecule has 1 heterocycles. The first-order valence-corrected chi connectivity index (χ1v) is 11.1. The Kier molecular flexibility index (Phi) is 5.04. The summed E-state index contributed by atoms with van der Waals surface area (Å²) in [6.07, 6.45) is 4.02. The van der Waals surface area contributed by atoms with Crippen molar-refractivity contribution in [1.29, 1.82) is 0 Å². The lowest BCUT2D eigenvalue weighted by molar-refractivity contribution is -0.120. The molecule has 1 saturated carbocycles. The van der Waals surface area contributed by atoms with Crippen LogP contribution in [-0.2, 0) is 14.8 Å². The van der Waals surface area contributed by atoms with Crippen LogP contribution in [0.1, 0.15) is 31.2 Å². The molecule has 2 aliphatic rings. The van der Waals surface area contributed by atoms with E-state index in [1.807, 2.05) is 0 Å². The van der Waals surface area contributed by atoms with E-state index >= 15 is 0 Å². The van der Waals surface area contributed by atoms with Gasteiger partial charge in [0, 0.05) is 6.04 Å². The highest BCUT2D eigenvalue weighted by Crippen LogP contribution is 2.38. The van der Waals surface area contributed by atoms with E-state index in [1.165, 1.54) is 11.0 Å². The lowest BCUT2D eigenvalue weighted by Gasteiger charge is -2.36. The van der Waals surface area contributed by atoms with Crippen molar-refractivity contribution in [2.24, 2.45) is 0 Å². The second-order valence-electron chi connectivity index (χ2n) is 7.44. The van der Waals surface area contributed by atoms with Gasteiger partial charge in [-0.25, -0.2) is 13.2 Å². The first-order valence-electron chi connectivity index (χ1n) is 9.70. The molecule has 1 N–H and O–H groups in total. The Morgan fingerprint density at radius 1 is 1.03 bits per heavy atom. The van der Waals surface area contributed by atoms with Crippen molar-refractivity contribution in [3.05, 3.63) is 54.1 Å². The van der Waals surface area contributed by atoms with Gasteiger partial charge < -0.3 is 5.32 Å². The number of aryl methyl sites for hydroxylation is 1. The third-order valence-electron chi connectivity index (χ3n) is 5.44. The number of urea groups is 1. The van der Waals surface area contributed by atoms with Crippen molar-refractivity contribution in [2.75, 3.05) is 15.7 Å². The van der Waals surface area contributed by atoms with E-state index in [0.717, 1.165) is 30.0 Å². The molecule has 1 aliphatic carbocycles. The number of nitrogens with one attached hydrogen (secondary N) is 1. The molecule has 0 aromatic heterocycles. The fourth-order valence-electron chi connectivity index (χ4n) is 3.98. The first-order chi connectivity index (χ1) is 13.9. The molecule has 152 valence electrons. The second kappa shape index (κ2) is 7.51. The van der Waals surface area contributed by atoms with Gasteiger partial charge in [-0.1, -0.05) is 43.2 Å². The van der Waals surface area contributed by atoms with Crippen LogP contribution in [0.2, 0.25) is 0 Å². The minimum atomic E-state index is -4.09. The number of rotatable bonds is 4. The zero-order chi connectivity index (χ0) is 20.6. The van der Waals surface area contributed by atoms with E-state index in [-0.39, 0.29) is 34.8 Å². The van der Waals surface area contributed by atoms with Crippen LogP contribution in [-0.4, -0.2) is 32.9 Å². The number of para-hydroxylation sites is 2. The van der Waals surface area contributed by atoms with Crippen LogP contribution < -0.4 is 14.5 Å². The molecule has 29 heavy (non-hydrogen) atoms. The first kappa shape index (κ1) is 19.4. The monoisotopic (exact) mass is 413 g/mol. The van der Waals surface area contributed by atoms with Crippen LogP contribution in [0.5, 0.6) is 0 Å². The normalized spacial score (nSPS) is 18.6. The third kappa shape index (κ3) is 3.48. The van der Waals surface area contributed by atoms with Crippen LogP contribution in [0.4, 0.5) is 16.2 Å². The molecule has 1 aliphatic heterocycles. The van der Waals surface area contributed by atoms with Crippen LogP contribution in [0.25, 0.3) is 0 Å². The average molecular weight is 413 g/mol. The summed E-state index contributed by atoms with van der Waals surface area (Å²) < 4.78 is 27.3. The Morgan fingerprint density at radius 2 is 1.66 bits per heavy atom. The summed E-state index contributed by atoms with van der Waals surface area (Å²) in [4.78, 5) is 27.2. The van der Waals surface area contributed by atoms with Gasteiger partial charge in [0.15, 0.2) is 0 Å². The summed E-state index contributed by atoms with van der Waals surface area (Å²) in [7, 11) is -4.09. The highest BCUT2D eigenvalue weighted by Gasteiger charge is 2.43. The Bertz CT molecular complexity index is 1060. The molecule has 3 amide bonds. The van der Waals surface area contributed by atoms with Crippen LogP contribution in [0.15, 0.2) is 53.4 Å². The maximum Gasteiger partial charge on any atom is 0.343 e. The number of sulfonamides is 1. The highest BCUT2D eigenvalue weighted by atomic mass is 32.2. The summed E-state index contributed by atoms with van der Waals surface area (Å²) in [5, 5.41) is 2.96. The minimum absolute atomic E-state index is 0.0107. The van der Waals surface area contributed by atoms with Gasteiger partial charge in [-0.05, 0) is 43.5 Å². The standard InChI is InChI=1S/C21H23N3O4S/c1-15-8-2-5-11-17(15)24-21(26)23(14-20(25)22-16-9-3-4-10-16)18-12-6-7-13-19(18)29(24,27)28/h2,5-8,11-13,16H,3-4,9-10,14H2,1H3,(H,22,25). The van der Waals surface area contributed by atoms with Crippen LogP contribution in [0, 0.1) is 6.92 Å². The molecule has 8 heteroatoms. The van der Waals surface area contributed by atoms with Gasteiger partial charge in [-0.3, -0.25) is 9.69 Å². The van der Waals surface area contributed by atoms with Gasteiger partial charge in [0.05, 0.1) is 11.4 Å². The topological polar surface area (TPSA) is 86.8 Å². The van der Waals surface area contributed by atoms with Crippen LogP contribution in [0.3, 0.4) is 0 Å². The number of amides is 3. The van der Waals surface area contributed by atoms with E-state index in [9.17, 15) is 18.0 Å². The third-order valence-corrected chi connectivity index (χ3v) is 7.17.